The van der Waals surface area contributed by atoms with Gasteiger partial charge in [-0.3, -0.25) is 4.99 Å². The van der Waals surface area contributed by atoms with E-state index in [0.717, 1.165) is 22.6 Å². The first-order valence-corrected chi connectivity index (χ1v) is 5.99. The number of hydrogen-bond donors (Lipinski definition) is 1. The number of nitrogens with zero attached hydrogens (tertiary/aromatic N) is 3. The third-order valence-electron chi connectivity index (χ3n) is 2.71. The van der Waals surface area contributed by atoms with Gasteiger partial charge < -0.3 is 0 Å². The SMILES string of the molecule is C(=Nc1ccccc1)c1n[nH]nc1-c1ccccc1. The molecular formula is C15H12N4. The molecule has 0 saturated heterocycles. The van der Waals surface area contributed by atoms with Crippen LogP contribution >= 0.6 is 0 Å². The lowest BCUT2D eigenvalue weighted by molar-refractivity contribution is 0.940. The maximum Gasteiger partial charge on any atom is 0.131 e. The van der Waals surface area contributed by atoms with Crippen LogP contribution in [0.1, 0.15) is 5.69 Å². The summed E-state index contributed by atoms with van der Waals surface area (Å²) in [5.41, 5.74) is 3.45. The number of hydrogen-bond acceptors (Lipinski definition) is 3. The van der Waals surface area contributed by atoms with Gasteiger partial charge in [0.05, 0.1) is 11.9 Å². The number of aliphatic imine (C=N–C) groups is 1. The highest BCUT2D eigenvalue weighted by Gasteiger charge is 2.07. The van der Waals surface area contributed by atoms with Crippen LogP contribution in [0.4, 0.5) is 5.69 Å². The minimum atomic E-state index is 0.732. The van der Waals surface area contributed by atoms with E-state index in [1.165, 1.54) is 0 Å². The average molecular weight is 248 g/mol. The highest BCUT2D eigenvalue weighted by Crippen LogP contribution is 2.18. The minimum Gasteiger partial charge on any atom is -0.254 e. The molecule has 0 fully saturated rings. The molecule has 0 bridgehead atoms. The van der Waals surface area contributed by atoms with Gasteiger partial charge in [0.1, 0.15) is 11.4 Å². The zero-order valence-corrected chi connectivity index (χ0v) is 10.2. The molecule has 1 N–H and O–H groups in total. The zero-order chi connectivity index (χ0) is 12.9. The summed E-state index contributed by atoms with van der Waals surface area (Å²) in [5.74, 6) is 0. The molecule has 0 atom stereocenters. The van der Waals surface area contributed by atoms with Crippen molar-refractivity contribution in [3.63, 3.8) is 0 Å². The van der Waals surface area contributed by atoms with Gasteiger partial charge in [-0.25, -0.2) is 0 Å². The largest absolute Gasteiger partial charge is 0.254 e. The molecule has 0 spiro atoms. The van der Waals surface area contributed by atoms with Crippen molar-refractivity contribution in [3.05, 3.63) is 66.4 Å². The molecule has 0 amide bonds. The summed E-state index contributed by atoms with van der Waals surface area (Å²) in [6.45, 7) is 0. The van der Waals surface area contributed by atoms with Crippen LogP contribution in [0.2, 0.25) is 0 Å². The Morgan fingerprint density at radius 1 is 0.842 bits per heavy atom. The van der Waals surface area contributed by atoms with Gasteiger partial charge >= 0.3 is 0 Å². The predicted octanol–water partition coefficient (Wildman–Crippen LogP) is 3.22. The number of aromatic amines is 1. The molecule has 0 aliphatic heterocycles. The molecule has 0 aliphatic rings. The first kappa shape index (κ1) is 11.3. The fraction of sp³-hybridized carbons (Fsp3) is 0. The Morgan fingerprint density at radius 3 is 2.26 bits per heavy atom. The van der Waals surface area contributed by atoms with Crippen LogP contribution in [-0.2, 0) is 0 Å². The first-order chi connectivity index (χ1) is 9.43. The van der Waals surface area contributed by atoms with E-state index >= 15 is 0 Å². The first-order valence-electron chi connectivity index (χ1n) is 5.99. The Kier molecular flexibility index (Phi) is 3.14. The van der Waals surface area contributed by atoms with Gasteiger partial charge in [0.25, 0.3) is 0 Å². The second kappa shape index (κ2) is 5.27. The Hall–Kier alpha value is -2.75. The quantitative estimate of drug-likeness (QED) is 0.723. The fourth-order valence-electron chi connectivity index (χ4n) is 1.79. The van der Waals surface area contributed by atoms with E-state index in [9.17, 15) is 0 Å². The third-order valence-corrected chi connectivity index (χ3v) is 2.71. The van der Waals surface area contributed by atoms with E-state index in [1.807, 2.05) is 60.7 Å². The van der Waals surface area contributed by atoms with Crippen molar-refractivity contribution in [1.29, 1.82) is 0 Å². The van der Waals surface area contributed by atoms with Gasteiger partial charge in [-0.1, -0.05) is 48.5 Å². The van der Waals surface area contributed by atoms with Gasteiger partial charge in [0, 0.05) is 5.56 Å². The van der Waals surface area contributed by atoms with Crippen LogP contribution in [0.5, 0.6) is 0 Å². The summed E-state index contributed by atoms with van der Waals surface area (Å²) in [7, 11) is 0. The summed E-state index contributed by atoms with van der Waals surface area (Å²) in [6, 6.07) is 19.7. The Balaban J connectivity index is 1.91. The molecular weight excluding hydrogens is 236 g/mol. The monoisotopic (exact) mass is 248 g/mol. The lowest BCUT2D eigenvalue weighted by atomic mass is 10.1. The van der Waals surface area contributed by atoms with Gasteiger partial charge in [-0.2, -0.15) is 15.4 Å². The Bertz CT molecular complexity index is 672. The fourth-order valence-corrected chi connectivity index (χ4v) is 1.79. The van der Waals surface area contributed by atoms with E-state index < -0.39 is 0 Å². The number of aromatic nitrogens is 3. The van der Waals surface area contributed by atoms with Gasteiger partial charge in [0.15, 0.2) is 0 Å². The maximum absolute atomic E-state index is 4.39. The molecule has 0 aliphatic carbocycles. The van der Waals surface area contributed by atoms with E-state index in [-0.39, 0.29) is 0 Å². The van der Waals surface area contributed by atoms with E-state index in [2.05, 4.69) is 20.4 Å². The number of nitrogens with one attached hydrogen (secondary N) is 1. The van der Waals surface area contributed by atoms with Crippen molar-refractivity contribution in [3.8, 4) is 11.3 Å². The molecule has 1 heterocycles. The highest BCUT2D eigenvalue weighted by atomic mass is 15.3. The zero-order valence-electron chi connectivity index (χ0n) is 10.2. The molecule has 19 heavy (non-hydrogen) atoms. The van der Waals surface area contributed by atoms with Crippen molar-refractivity contribution >= 4 is 11.9 Å². The van der Waals surface area contributed by atoms with Crippen LogP contribution in [0, 0.1) is 0 Å². The molecule has 4 nitrogen and oxygen atoms in total. The number of benzene rings is 2. The molecule has 0 saturated carbocycles. The summed E-state index contributed by atoms with van der Waals surface area (Å²) in [4.78, 5) is 4.39. The van der Waals surface area contributed by atoms with Crippen LogP contribution in [0.25, 0.3) is 11.3 Å². The minimum absolute atomic E-state index is 0.732. The molecule has 3 aromatic rings. The maximum atomic E-state index is 4.39. The summed E-state index contributed by atoms with van der Waals surface area (Å²) < 4.78 is 0. The van der Waals surface area contributed by atoms with E-state index in [0.29, 0.717) is 0 Å². The summed E-state index contributed by atoms with van der Waals surface area (Å²) >= 11 is 0. The second-order valence-electron chi connectivity index (χ2n) is 4.02. The van der Waals surface area contributed by atoms with E-state index in [1.54, 1.807) is 6.21 Å². The number of H-pyrrole nitrogens is 1. The van der Waals surface area contributed by atoms with E-state index in [4.69, 9.17) is 0 Å². The van der Waals surface area contributed by atoms with Crippen LogP contribution in [-0.4, -0.2) is 21.6 Å². The highest BCUT2D eigenvalue weighted by molar-refractivity contribution is 5.87. The van der Waals surface area contributed by atoms with Crippen LogP contribution in [0.15, 0.2) is 65.7 Å². The van der Waals surface area contributed by atoms with Gasteiger partial charge in [-0.05, 0) is 12.1 Å². The molecule has 4 heteroatoms. The van der Waals surface area contributed by atoms with Crippen molar-refractivity contribution < 1.29 is 0 Å². The van der Waals surface area contributed by atoms with Gasteiger partial charge in [-0.15, -0.1) is 0 Å². The average Bonchev–Trinajstić information content (AvgIpc) is 2.95. The standard InChI is InChI=1S/C15H12N4/c1-3-7-12(8-4-1)15-14(17-19-18-15)11-16-13-9-5-2-6-10-13/h1-11H,(H,17,18,19). The molecule has 0 unspecified atom stereocenters. The normalized spacial score (nSPS) is 10.9. The number of para-hydroxylation sites is 1. The van der Waals surface area contributed by atoms with Crippen LogP contribution in [0.3, 0.4) is 0 Å². The van der Waals surface area contributed by atoms with Crippen molar-refractivity contribution in [2.45, 2.75) is 0 Å². The second-order valence-corrected chi connectivity index (χ2v) is 4.02. The predicted molar refractivity (Wildman–Crippen MR) is 75.5 cm³/mol. The number of rotatable bonds is 3. The molecule has 2 aromatic carbocycles. The lowest BCUT2D eigenvalue weighted by Gasteiger charge is -1.96. The molecule has 1 aromatic heterocycles. The van der Waals surface area contributed by atoms with Gasteiger partial charge in [0.2, 0.25) is 0 Å². The Morgan fingerprint density at radius 2 is 1.53 bits per heavy atom. The summed E-state index contributed by atoms with van der Waals surface area (Å²) in [6.07, 6.45) is 1.72. The topological polar surface area (TPSA) is 53.9 Å². The molecule has 0 radical (unpaired) electrons. The Labute approximate surface area is 110 Å². The molecule has 92 valence electrons. The molecule has 3 rings (SSSR count). The summed E-state index contributed by atoms with van der Waals surface area (Å²) in [5, 5.41) is 10.9. The van der Waals surface area contributed by atoms with Crippen molar-refractivity contribution in [2.24, 2.45) is 4.99 Å². The van der Waals surface area contributed by atoms with Crippen LogP contribution < -0.4 is 0 Å². The third kappa shape index (κ3) is 2.57. The smallest absolute Gasteiger partial charge is 0.131 e. The van der Waals surface area contributed by atoms with Crippen molar-refractivity contribution in [2.75, 3.05) is 0 Å². The van der Waals surface area contributed by atoms with Crippen molar-refractivity contribution in [1.82, 2.24) is 15.4 Å². The lowest BCUT2D eigenvalue weighted by Crippen LogP contribution is -1.86.